The van der Waals surface area contributed by atoms with Crippen LogP contribution in [0.15, 0.2) is 0 Å². The standard InChI is InChI=1S/C3H7BrO3S/c1-3(4)2-7-8(5)6/h3H,2H2,1H3,(H,5,6). The molecule has 5 heteroatoms. The van der Waals surface area contributed by atoms with E-state index in [1.807, 2.05) is 6.92 Å². The Morgan fingerprint density at radius 3 is 2.62 bits per heavy atom. The quantitative estimate of drug-likeness (QED) is 0.548. The van der Waals surface area contributed by atoms with E-state index in [0.717, 1.165) is 0 Å². The molecule has 0 saturated carbocycles. The van der Waals surface area contributed by atoms with Crippen molar-refractivity contribution < 1.29 is 12.9 Å². The zero-order valence-electron chi connectivity index (χ0n) is 4.33. The molecular formula is C3H7BrO3S. The summed E-state index contributed by atoms with van der Waals surface area (Å²) in [5.74, 6) is 0. The fraction of sp³-hybridized carbons (Fsp3) is 1.00. The molecule has 0 saturated heterocycles. The molecule has 50 valence electrons. The minimum absolute atomic E-state index is 0.124. The molecule has 0 aromatic heterocycles. The van der Waals surface area contributed by atoms with Crippen LogP contribution in [0.3, 0.4) is 0 Å². The summed E-state index contributed by atoms with van der Waals surface area (Å²) in [5, 5.41) is 0. The van der Waals surface area contributed by atoms with Crippen LogP contribution in [0.2, 0.25) is 0 Å². The van der Waals surface area contributed by atoms with Gasteiger partial charge in [-0.1, -0.05) is 22.9 Å². The molecule has 0 aliphatic rings. The summed E-state index contributed by atoms with van der Waals surface area (Å²) in [6.45, 7) is 2.08. The van der Waals surface area contributed by atoms with Crippen LogP contribution in [0, 0.1) is 0 Å². The van der Waals surface area contributed by atoms with Gasteiger partial charge in [0.25, 0.3) is 0 Å². The Balaban J connectivity index is 3.05. The van der Waals surface area contributed by atoms with Crippen molar-refractivity contribution in [3.63, 3.8) is 0 Å². The van der Waals surface area contributed by atoms with Crippen molar-refractivity contribution in [2.45, 2.75) is 11.8 Å². The van der Waals surface area contributed by atoms with E-state index in [0.29, 0.717) is 0 Å². The van der Waals surface area contributed by atoms with E-state index in [2.05, 4.69) is 20.1 Å². The number of hydrogen-bond acceptors (Lipinski definition) is 2. The van der Waals surface area contributed by atoms with Crippen LogP contribution in [0.5, 0.6) is 0 Å². The molecule has 0 aromatic rings. The molecule has 2 atom stereocenters. The lowest BCUT2D eigenvalue weighted by Gasteiger charge is -1.97. The smallest absolute Gasteiger partial charge is 0.284 e. The average molecular weight is 203 g/mol. The van der Waals surface area contributed by atoms with Gasteiger partial charge in [-0.25, -0.2) is 0 Å². The zero-order valence-corrected chi connectivity index (χ0v) is 6.74. The van der Waals surface area contributed by atoms with Crippen LogP contribution >= 0.6 is 15.9 Å². The molecular weight excluding hydrogens is 196 g/mol. The van der Waals surface area contributed by atoms with E-state index >= 15 is 0 Å². The Hall–Kier alpha value is 0.550. The van der Waals surface area contributed by atoms with E-state index < -0.39 is 11.4 Å². The Morgan fingerprint density at radius 2 is 2.50 bits per heavy atom. The van der Waals surface area contributed by atoms with Gasteiger partial charge in [-0.3, -0.25) is 8.74 Å². The summed E-state index contributed by atoms with van der Waals surface area (Å²) in [7, 11) is 0. The first kappa shape index (κ1) is 8.55. The molecule has 0 radical (unpaired) electrons. The molecule has 0 rings (SSSR count). The number of halogens is 1. The van der Waals surface area contributed by atoms with Crippen LogP contribution in [-0.4, -0.2) is 20.2 Å². The van der Waals surface area contributed by atoms with Crippen molar-refractivity contribution in [3.8, 4) is 0 Å². The molecule has 0 spiro atoms. The highest BCUT2D eigenvalue weighted by atomic mass is 79.9. The van der Waals surface area contributed by atoms with Gasteiger partial charge in [0.15, 0.2) is 0 Å². The fourth-order valence-electron chi connectivity index (χ4n) is 0.152. The molecule has 0 aliphatic heterocycles. The van der Waals surface area contributed by atoms with E-state index in [1.165, 1.54) is 0 Å². The van der Waals surface area contributed by atoms with Gasteiger partial charge in [-0.2, -0.15) is 4.21 Å². The van der Waals surface area contributed by atoms with Crippen LogP contribution in [0.4, 0.5) is 0 Å². The van der Waals surface area contributed by atoms with Gasteiger partial charge in [-0.15, -0.1) is 0 Å². The Morgan fingerprint density at radius 1 is 2.00 bits per heavy atom. The van der Waals surface area contributed by atoms with Gasteiger partial charge in [0.2, 0.25) is 0 Å². The molecule has 8 heavy (non-hydrogen) atoms. The third kappa shape index (κ3) is 6.55. The first-order valence-electron chi connectivity index (χ1n) is 2.01. The maximum atomic E-state index is 9.77. The Bertz CT molecular complexity index is 84.6. The van der Waals surface area contributed by atoms with Crippen molar-refractivity contribution in [1.82, 2.24) is 0 Å². The second-order valence-electron chi connectivity index (χ2n) is 1.28. The summed E-state index contributed by atoms with van der Waals surface area (Å²) >= 11 is 1.02. The van der Waals surface area contributed by atoms with E-state index in [9.17, 15) is 4.21 Å². The summed E-state index contributed by atoms with van der Waals surface area (Å²) in [6.07, 6.45) is 0. The summed E-state index contributed by atoms with van der Waals surface area (Å²) in [5.41, 5.74) is 0. The third-order valence-electron chi connectivity index (χ3n) is 0.399. The minimum atomic E-state index is -2.12. The molecule has 3 nitrogen and oxygen atoms in total. The predicted molar refractivity (Wildman–Crippen MR) is 35.1 cm³/mol. The van der Waals surface area contributed by atoms with Crippen molar-refractivity contribution in [3.05, 3.63) is 0 Å². The van der Waals surface area contributed by atoms with Crippen molar-refractivity contribution in [2.75, 3.05) is 6.61 Å². The number of hydrogen-bond donors (Lipinski definition) is 1. The SMILES string of the molecule is CC(Br)COS(=O)O. The second-order valence-corrected chi connectivity index (χ2v) is 3.52. The van der Waals surface area contributed by atoms with Gasteiger partial charge in [0.05, 0.1) is 6.61 Å². The van der Waals surface area contributed by atoms with Gasteiger partial charge in [-0.05, 0) is 0 Å². The topological polar surface area (TPSA) is 46.5 Å². The van der Waals surface area contributed by atoms with Crippen molar-refractivity contribution >= 4 is 27.3 Å². The van der Waals surface area contributed by atoms with Crippen LogP contribution in [0.1, 0.15) is 6.92 Å². The van der Waals surface area contributed by atoms with E-state index in [4.69, 9.17) is 4.55 Å². The molecule has 1 N–H and O–H groups in total. The van der Waals surface area contributed by atoms with Crippen molar-refractivity contribution in [1.29, 1.82) is 0 Å². The summed E-state index contributed by atoms with van der Waals surface area (Å²) in [4.78, 5) is 0.124. The van der Waals surface area contributed by atoms with Gasteiger partial charge in [0.1, 0.15) is 0 Å². The van der Waals surface area contributed by atoms with Gasteiger partial charge >= 0.3 is 11.4 Å². The lowest BCUT2D eigenvalue weighted by molar-refractivity contribution is 0.312. The van der Waals surface area contributed by atoms with Crippen LogP contribution in [0.25, 0.3) is 0 Å². The van der Waals surface area contributed by atoms with E-state index in [-0.39, 0.29) is 11.4 Å². The lowest BCUT2D eigenvalue weighted by atomic mass is 10.5. The molecule has 0 aromatic carbocycles. The second kappa shape index (κ2) is 4.43. The predicted octanol–water partition coefficient (Wildman–Crippen LogP) is 0.923. The van der Waals surface area contributed by atoms with Gasteiger partial charge in [0, 0.05) is 4.83 Å². The summed E-state index contributed by atoms with van der Waals surface area (Å²) < 4.78 is 22.1. The molecule has 0 heterocycles. The highest BCUT2D eigenvalue weighted by Gasteiger charge is 1.97. The largest absolute Gasteiger partial charge is 0.301 e. The van der Waals surface area contributed by atoms with Crippen molar-refractivity contribution in [2.24, 2.45) is 0 Å². The minimum Gasteiger partial charge on any atom is -0.284 e. The Labute approximate surface area is 59.0 Å². The molecule has 0 aliphatic carbocycles. The monoisotopic (exact) mass is 202 g/mol. The molecule has 2 unspecified atom stereocenters. The lowest BCUT2D eigenvalue weighted by Crippen LogP contribution is -2.05. The summed E-state index contributed by atoms with van der Waals surface area (Å²) in [6, 6.07) is 0. The number of alkyl halides is 1. The highest BCUT2D eigenvalue weighted by molar-refractivity contribution is 9.09. The van der Waals surface area contributed by atoms with Crippen LogP contribution < -0.4 is 0 Å². The maximum Gasteiger partial charge on any atom is 0.301 e. The highest BCUT2D eigenvalue weighted by Crippen LogP contribution is 1.97. The third-order valence-corrected chi connectivity index (χ3v) is 1.00. The number of rotatable bonds is 3. The van der Waals surface area contributed by atoms with Gasteiger partial charge < -0.3 is 0 Å². The molecule has 0 bridgehead atoms. The zero-order chi connectivity index (χ0) is 6.57. The first-order valence-corrected chi connectivity index (χ1v) is 3.96. The first-order chi connectivity index (χ1) is 3.63. The van der Waals surface area contributed by atoms with Crippen LogP contribution in [-0.2, 0) is 15.5 Å². The molecule has 0 amide bonds. The maximum absolute atomic E-state index is 9.77. The van der Waals surface area contributed by atoms with E-state index in [1.54, 1.807) is 0 Å². The molecule has 0 fully saturated rings. The average Bonchev–Trinajstić information content (AvgIpc) is 1.61. The normalized spacial score (nSPS) is 17.9. The fourth-order valence-corrected chi connectivity index (χ4v) is 0.780. The Kier molecular flexibility index (Phi) is 4.74.